The van der Waals surface area contributed by atoms with Gasteiger partial charge in [0.1, 0.15) is 0 Å². The lowest BCUT2D eigenvalue weighted by molar-refractivity contribution is 0.491. The first-order valence-electron chi connectivity index (χ1n) is 7.19. The van der Waals surface area contributed by atoms with Crippen LogP contribution < -0.4 is 5.32 Å². The van der Waals surface area contributed by atoms with Gasteiger partial charge >= 0.3 is 0 Å². The topological polar surface area (TPSA) is 29.9 Å². The lowest BCUT2D eigenvalue weighted by atomic mass is 10.2. The first-order chi connectivity index (χ1) is 8.83. The van der Waals surface area contributed by atoms with E-state index in [0.717, 1.165) is 24.8 Å². The van der Waals surface area contributed by atoms with E-state index in [9.17, 15) is 0 Å². The molecule has 4 heteroatoms. The van der Waals surface area contributed by atoms with Crippen molar-refractivity contribution in [3.63, 3.8) is 0 Å². The number of thioether (sulfide) groups is 1. The highest BCUT2D eigenvalue weighted by atomic mass is 32.2. The summed E-state index contributed by atoms with van der Waals surface area (Å²) in [7, 11) is 0. The van der Waals surface area contributed by atoms with E-state index >= 15 is 0 Å². The normalized spacial score (nSPS) is 23.7. The second-order valence-corrected chi connectivity index (χ2v) is 6.59. The van der Waals surface area contributed by atoms with Crippen LogP contribution in [0.1, 0.15) is 45.2 Å². The van der Waals surface area contributed by atoms with Gasteiger partial charge in [-0.05, 0) is 37.5 Å². The van der Waals surface area contributed by atoms with Crippen molar-refractivity contribution >= 4 is 11.8 Å². The minimum absolute atomic E-state index is 0.707. The first kappa shape index (κ1) is 13.9. The van der Waals surface area contributed by atoms with Crippen molar-refractivity contribution in [3.8, 4) is 0 Å². The Hall–Kier alpha value is -0.480. The van der Waals surface area contributed by atoms with Crippen LogP contribution in [0.3, 0.4) is 0 Å². The number of hydrogen-bond acceptors (Lipinski definition) is 3. The van der Waals surface area contributed by atoms with Crippen LogP contribution >= 0.6 is 11.8 Å². The van der Waals surface area contributed by atoms with Crippen molar-refractivity contribution in [2.24, 2.45) is 0 Å². The largest absolute Gasteiger partial charge is 0.308 e. The Morgan fingerprint density at radius 3 is 3.11 bits per heavy atom. The maximum atomic E-state index is 4.37. The number of nitrogens with one attached hydrogen (secondary N) is 1. The second-order valence-electron chi connectivity index (χ2n) is 5.01. The fourth-order valence-corrected chi connectivity index (χ4v) is 3.83. The van der Waals surface area contributed by atoms with E-state index in [1.54, 1.807) is 0 Å². The maximum absolute atomic E-state index is 4.37. The van der Waals surface area contributed by atoms with Gasteiger partial charge in [-0.3, -0.25) is 4.68 Å². The molecule has 1 aromatic rings. The molecule has 2 atom stereocenters. The van der Waals surface area contributed by atoms with Crippen molar-refractivity contribution < 1.29 is 0 Å². The van der Waals surface area contributed by atoms with E-state index in [-0.39, 0.29) is 0 Å². The van der Waals surface area contributed by atoms with Gasteiger partial charge in [0.25, 0.3) is 0 Å². The van der Waals surface area contributed by atoms with E-state index in [0.29, 0.717) is 6.04 Å². The molecule has 0 aliphatic heterocycles. The van der Waals surface area contributed by atoms with E-state index in [4.69, 9.17) is 0 Å². The quantitative estimate of drug-likeness (QED) is 0.823. The van der Waals surface area contributed by atoms with Gasteiger partial charge in [0.2, 0.25) is 0 Å². The molecule has 1 aliphatic carbocycles. The number of hydrogen-bond donors (Lipinski definition) is 1. The van der Waals surface area contributed by atoms with E-state index in [1.165, 1.54) is 30.7 Å². The molecule has 1 N–H and O–H groups in total. The molecule has 2 unspecified atom stereocenters. The van der Waals surface area contributed by atoms with Crippen LogP contribution in [-0.4, -0.2) is 26.8 Å². The van der Waals surface area contributed by atoms with E-state index in [2.05, 4.69) is 46.8 Å². The second kappa shape index (κ2) is 7.19. The molecule has 1 fully saturated rings. The molecule has 0 spiro atoms. The number of rotatable bonds is 7. The van der Waals surface area contributed by atoms with Gasteiger partial charge in [0.15, 0.2) is 0 Å². The first-order valence-corrected chi connectivity index (χ1v) is 8.24. The highest BCUT2D eigenvalue weighted by Crippen LogP contribution is 2.29. The van der Waals surface area contributed by atoms with Crippen molar-refractivity contribution in [2.75, 3.05) is 5.75 Å². The van der Waals surface area contributed by atoms with Crippen LogP contribution in [0.5, 0.6) is 0 Å². The molecule has 2 rings (SSSR count). The Bertz CT molecular complexity index is 351. The standard InChI is InChI=1S/C14H25N3S/c1-3-9-17-13(7-8-16-17)11-15-12-5-6-14(10-12)18-4-2/h7-8,12,14-15H,3-6,9-11H2,1-2H3. The third-order valence-electron chi connectivity index (χ3n) is 3.60. The molecule has 0 amide bonds. The SMILES string of the molecule is CCCn1nccc1CNC1CCC(SCC)C1. The number of aryl methyl sites for hydroxylation is 1. The Labute approximate surface area is 115 Å². The molecule has 0 saturated heterocycles. The van der Waals surface area contributed by atoms with Crippen LogP contribution in [0.25, 0.3) is 0 Å². The zero-order valence-electron chi connectivity index (χ0n) is 11.6. The third kappa shape index (κ3) is 3.75. The van der Waals surface area contributed by atoms with Gasteiger partial charge in [-0.1, -0.05) is 13.8 Å². The molecule has 0 radical (unpaired) electrons. The van der Waals surface area contributed by atoms with Crippen molar-refractivity contribution in [1.82, 2.24) is 15.1 Å². The molecule has 3 nitrogen and oxygen atoms in total. The van der Waals surface area contributed by atoms with Gasteiger partial charge in [-0.2, -0.15) is 16.9 Å². The van der Waals surface area contributed by atoms with Gasteiger partial charge in [-0.25, -0.2) is 0 Å². The zero-order valence-corrected chi connectivity index (χ0v) is 12.4. The van der Waals surface area contributed by atoms with Crippen LogP contribution in [0, 0.1) is 0 Å². The summed E-state index contributed by atoms with van der Waals surface area (Å²) >= 11 is 2.12. The fourth-order valence-electron chi connectivity index (χ4n) is 2.68. The maximum Gasteiger partial charge on any atom is 0.0522 e. The molecule has 102 valence electrons. The Kier molecular flexibility index (Phi) is 5.57. The summed E-state index contributed by atoms with van der Waals surface area (Å²) in [6.07, 6.45) is 7.11. The minimum Gasteiger partial charge on any atom is -0.308 e. The zero-order chi connectivity index (χ0) is 12.8. The summed E-state index contributed by atoms with van der Waals surface area (Å²) in [5.41, 5.74) is 1.32. The average molecular weight is 267 g/mol. The van der Waals surface area contributed by atoms with Crippen LogP contribution in [0.15, 0.2) is 12.3 Å². The minimum atomic E-state index is 0.707. The molecule has 0 aromatic carbocycles. The molecule has 1 saturated carbocycles. The molecule has 18 heavy (non-hydrogen) atoms. The number of aromatic nitrogens is 2. The summed E-state index contributed by atoms with van der Waals surface area (Å²) in [6, 6.07) is 2.84. The molecule has 0 bridgehead atoms. The average Bonchev–Trinajstić information content (AvgIpc) is 2.97. The highest BCUT2D eigenvalue weighted by molar-refractivity contribution is 7.99. The van der Waals surface area contributed by atoms with Crippen molar-refractivity contribution in [2.45, 2.75) is 63.9 Å². The predicted octanol–water partition coefficient (Wildman–Crippen LogP) is 3.06. The number of nitrogens with zero attached hydrogens (tertiary/aromatic N) is 2. The van der Waals surface area contributed by atoms with Crippen molar-refractivity contribution in [3.05, 3.63) is 18.0 Å². The Balaban J connectivity index is 1.76. The summed E-state index contributed by atoms with van der Waals surface area (Å²) < 4.78 is 2.13. The molecule has 1 aromatic heterocycles. The Morgan fingerprint density at radius 2 is 2.33 bits per heavy atom. The lowest BCUT2D eigenvalue weighted by Crippen LogP contribution is -2.27. The van der Waals surface area contributed by atoms with Crippen LogP contribution in [-0.2, 0) is 13.1 Å². The van der Waals surface area contributed by atoms with E-state index < -0.39 is 0 Å². The van der Waals surface area contributed by atoms with Gasteiger partial charge < -0.3 is 5.32 Å². The summed E-state index contributed by atoms with van der Waals surface area (Å²) in [4.78, 5) is 0. The molecular weight excluding hydrogens is 242 g/mol. The van der Waals surface area contributed by atoms with Gasteiger partial charge in [0.05, 0.1) is 5.69 Å². The highest BCUT2D eigenvalue weighted by Gasteiger charge is 2.24. The Morgan fingerprint density at radius 1 is 1.44 bits per heavy atom. The lowest BCUT2D eigenvalue weighted by Gasteiger charge is -2.14. The summed E-state index contributed by atoms with van der Waals surface area (Å²) in [5, 5.41) is 8.95. The summed E-state index contributed by atoms with van der Waals surface area (Å²) in [5.74, 6) is 1.25. The molecule has 1 aliphatic rings. The fraction of sp³-hybridized carbons (Fsp3) is 0.786. The van der Waals surface area contributed by atoms with Crippen molar-refractivity contribution in [1.29, 1.82) is 0 Å². The summed E-state index contributed by atoms with van der Waals surface area (Å²) in [6.45, 7) is 6.45. The third-order valence-corrected chi connectivity index (χ3v) is 4.83. The van der Waals surface area contributed by atoms with Crippen LogP contribution in [0.4, 0.5) is 0 Å². The smallest absolute Gasteiger partial charge is 0.0522 e. The van der Waals surface area contributed by atoms with Crippen LogP contribution in [0.2, 0.25) is 0 Å². The van der Waals surface area contributed by atoms with Gasteiger partial charge in [0, 0.05) is 30.6 Å². The monoisotopic (exact) mass is 267 g/mol. The van der Waals surface area contributed by atoms with E-state index in [1.807, 2.05) is 6.20 Å². The molecule has 1 heterocycles. The van der Waals surface area contributed by atoms with Gasteiger partial charge in [-0.15, -0.1) is 0 Å². The predicted molar refractivity (Wildman–Crippen MR) is 78.9 cm³/mol. The molecular formula is C14H25N3S.